The number of nitrogens with zero attached hydrogens (tertiary/aromatic N) is 3. The van der Waals surface area contributed by atoms with Gasteiger partial charge >= 0.3 is 0 Å². The van der Waals surface area contributed by atoms with Crippen molar-refractivity contribution < 1.29 is 18.9 Å². The van der Waals surface area contributed by atoms with E-state index in [1.54, 1.807) is 55.5 Å². The quantitative estimate of drug-likeness (QED) is 0.363. The molecule has 1 atom stereocenters. The zero-order chi connectivity index (χ0) is 21.5. The van der Waals surface area contributed by atoms with Crippen molar-refractivity contribution in [3.05, 3.63) is 82.1 Å². The minimum Gasteiger partial charge on any atom is -0.481 e. The number of carbonyl (C=O) groups excluding carboxylic acids is 1. The Kier molecular flexibility index (Phi) is 6.20. The summed E-state index contributed by atoms with van der Waals surface area (Å²) >= 11 is 0. The first-order valence-electron chi connectivity index (χ1n) is 8.80. The van der Waals surface area contributed by atoms with Gasteiger partial charge in [-0.25, -0.2) is 5.43 Å². The summed E-state index contributed by atoms with van der Waals surface area (Å²) in [6.07, 6.45) is 0.531. The van der Waals surface area contributed by atoms with Gasteiger partial charge in [-0.3, -0.25) is 14.9 Å². The largest absolute Gasteiger partial charge is 0.481 e. The number of hydrogen-bond donors (Lipinski definition) is 1. The second-order valence-electron chi connectivity index (χ2n) is 6.14. The highest BCUT2D eigenvalue weighted by Crippen LogP contribution is 2.24. The molecule has 1 N–H and O–H groups in total. The van der Waals surface area contributed by atoms with Crippen LogP contribution >= 0.6 is 0 Å². The fourth-order valence-corrected chi connectivity index (χ4v) is 2.44. The number of carbonyl (C=O) groups is 1. The molecule has 9 nitrogen and oxygen atoms in total. The van der Waals surface area contributed by atoms with E-state index in [4.69, 9.17) is 14.4 Å². The van der Waals surface area contributed by atoms with Crippen LogP contribution < -0.4 is 10.2 Å². The maximum atomic E-state index is 12.1. The Morgan fingerprint density at radius 2 is 1.90 bits per heavy atom. The van der Waals surface area contributed by atoms with Gasteiger partial charge in [0, 0.05) is 17.7 Å². The molecule has 1 unspecified atom stereocenters. The van der Waals surface area contributed by atoms with E-state index in [0.717, 1.165) is 0 Å². The number of furan rings is 1. The van der Waals surface area contributed by atoms with E-state index in [2.05, 4.69) is 10.5 Å². The molecule has 3 aromatic rings. The first kappa shape index (κ1) is 20.3. The van der Waals surface area contributed by atoms with Gasteiger partial charge in [-0.15, -0.1) is 0 Å². The van der Waals surface area contributed by atoms with Gasteiger partial charge in [0.1, 0.15) is 17.3 Å². The summed E-state index contributed by atoms with van der Waals surface area (Å²) in [6, 6.07) is 17.7. The number of nitro benzene ring substituents is 1. The maximum absolute atomic E-state index is 12.1. The second-order valence-corrected chi connectivity index (χ2v) is 6.14. The summed E-state index contributed by atoms with van der Waals surface area (Å²) in [4.78, 5) is 22.3. The molecule has 0 fully saturated rings. The van der Waals surface area contributed by atoms with Crippen molar-refractivity contribution in [2.24, 2.45) is 5.10 Å². The number of benzene rings is 2. The monoisotopic (exact) mass is 404 g/mol. The summed E-state index contributed by atoms with van der Waals surface area (Å²) in [5.41, 5.74) is 3.52. The van der Waals surface area contributed by atoms with Crippen LogP contribution in [0.15, 0.2) is 70.2 Å². The minimum atomic E-state index is -0.803. The van der Waals surface area contributed by atoms with Gasteiger partial charge in [0.2, 0.25) is 0 Å². The lowest BCUT2D eigenvalue weighted by Gasteiger charge is -2.12. The Morgan fingerprint density at radius 3 is 2.53 bits per heavy atom. The number of amides is 1. The van der Waals surface area contributed by atoms with Crippen LogP contribution in [0, 0.1) is 21.4 Å². The maximum Gasteiger partial charge on any atom is 0.280 e. The Hall–Kier alpha value is -4.45. The normalized spacial score (nSPS) is 11.6. The van der Waals surface area contributed by atoms with Gasteiger partial charge in [0.25, 0.3) is 11.6 Å². The molecule has 0 aliphatic heterocycles. The van der Waals surface area contributed by atoms with Crippen molar-refractivity contribution in [3.8, 4) is 23.1 Å². The molecule has 1 heterocycles. The molecule has 0 aliphatic carbocycles. The molecule has 1 amide bonds. The van der Waals surface area contributed by atoms with Crippen molar-refractivity contribution in [2.75, 3.05) is 0 Å². The van der Waals surface area contributed by atoms with Gasteiger partial charge in [0.15, 0.2) is 6.10 Å². The van der Waals surface area contributed by atoms with E-state index in [9.17, 15) is 14.9 Å². The van der Waals surface area contributed by atoms with Crippen LogP contribution in [0.4, 0.5) is 5.69 Å². The molecular formula is C21H16N4O5. The average Bonchev–Trinajstić information content (AvgIpc) is 3.23. The number of nitro groups is 1. The van der Waals surface area contributed by atoms with Crippen LogP contribution in [0.1, 0.15) is 18.2 Å². The molecule has 0 saturated carbocycles. The lowest BCUT2D eigenvalue weighted by molar-refractivity contribution is -0.384. The number of non-ortho nitro benzene ring substituents is 1. The Bertz CT molecular complexity index is 1110. The van der Waals surface area contributed by atoms with E-state index >= 15 is 0 Å². The number of nitriles is 1. The Labute approximate surface area is 171 Å². The number of hydrogen-bond acceptors (Lipinski definition) is 7. The van der Waals surface area contributed by atoms with E-state index in [1.807, 2.05) is 6.07 Å². The zero-order valence-corrected chi connectivity index (χ0v) is 15.8. The third-order valence-corrected chi connectivity index (χ3v) is 4.02. The summed E-state index contributed by atoms with van der Waals surface area (Å²) < 4.78 is 11.1. The van der Waals surface area contributed by atoms with Crippen LogP contribution in [-0.4, -0.2) is 23.1 Å². The van der Waals surface area contributed by atoms with Gasteiger partial charge in [0.05, 0.1) is 22.8 Å². The number of rotatable bonds is 7. The summed E-state index contributed by atoms with van der Waals surface area (Å²) in [7, 11) is 0. The van der Waals surface area contributed by atoms with Gasteiger partial charge in [-0.05, 0) is 55.5 Å². The second kappa shape index (κ2) is 9.16. The summed E-state index contributed by atoms with van der Waals surface area (Å²) in [5, 5.41) is 23.3. The van der Waals surface area contributed by atoms with E-state index in [-0.39, 0.29) is 5.69 Å². The Morgan fingerprint density at radius 1 is 1.20 bits per heavy atom. The van der Waals surface area contributed by atoms with Crippen LogP contribution in [0.5, 0.6) is 5.75 Å². The number of nitrogens with one attached hydrogen (secondary N) is 1. The first-order valence-corrected chi connectivity index (χ1v) is 8.80. The molecule has 0 radical (unpaired) electrons. The Balaban J connectivity index is 1.55. The fraction of sp³-hybridized carbons (Fsp3) is 0.0952. The molecular weight excluding hydrogens is 388 g/mol. The standard InChI is InChI=1S/C21H16N4O5/c1-14(29-18-8-2-15(12-22)3-9-18)21(26)24-23-13-19-10-11-20(30-19)16-4-6-17(7-5-16)25(27)28/h2-11,13-14H,1H3,(H,24,26)/b23-13+. The number of hydrazone groups is 1. The zero-order valence-electron chi connectivity index (χ0n) is 15.8. The molecule has 3 rings (SSSR count). The molecule has 30 heavy (non-hydrogen) atoms. The predicted octanol–water partition coefficient (Wildman–Crippen LogP) is 3.64. The van der Waals surface area contributed by atoms with Crippen LogP contribution in [0.3, 0.4) is 0 Å². The third kappa shape index (κ3) is 5.08. The molecule has 150 valence electrons. The number of ether oxygens (including phenoxy) is 1. The highest BCUT2D eigenvalue weighted by atomic mass is 16.6. The van der Waals surface area contributed by atoms with Crippen LogP contribution in [-0.2, 0) is 4.79 Å². The summed E-state index contributed by atoms with van der Waals surface area (Å²) in [6.45, 7) is 1.57. The first-order chi connectivity index (χ1) is 14.5. The highest BCUT2D eigenvalue weighted by molar-refractivity contribution is 5.83. The van der Waals surface area contributed by atoms with Gasteiger partial charge in [-0.1, -0.05) is 0 Å². The molecule has 0 saturated heterocycles. The predicted molar refractivity (Wildman–Crippen MR) is 108 cm³/mol. The molecule has 0 aliphatic rings. The highest BCUT2D eigenvalue weighted by Gasteiger charge is 2.14. The third-order valence-electron chi connectivity index (χ3n) is 4.02. The van der Waals surface area contributed by atoms with Crippen LogP contribution in [0.2, 0.25) is 0 Å². The fourth-order valence-electron chi connectivity index (χ4n) is 2.44. The molecule has 1 aromatic heterocycles. The van der Waals surface area contributed by atoms with Crippen LogP contribution in [0.25, 0.3) is 11.3 Å². The molecule has 0 bridgehead atoms. The van der Waals surface area contributed by atoms with E-state index < -0.39 is 16.9 Å². The molecule has 2 aromatic carbocycles. The molecule has 9 heteroatoms. The summed E-state index contributed by atoms with van der Waals surface area (Å²) in [5.74, 6) is 0.900. The average molecular weight is 404 g/mol. The van der Waals surface area contributed by atoms with Crippen molar-refractivity contribution in [1.82, 2.24) is 5.43 Å². The van der Waals surface area contributed by atoms with Gasteiger partial charge < -0.3 is 9.15 Å². The lowest BCUT2D eigenvalue weighted by atomic mass is 10.1. The van der Waals surface area contributed by atoms with Crippen molar-refractivity contribution in [2.45, 2.75) is 13.0 Å². The lowest BCUT2D eigenvalue weighted by Crippen LogP contribution is -2.33. The van der Waals surface area contributed by atoms with Crippen molar-refractivity contribution in [1.29, 1.82) is 5.26 Å². The minimum absolute atomic E-state index is 0.00727. The smallest absolute Gasteiger partial charge is 0.280 e. The SMILES string of the molecule is CC(Oc1ccc(C#N)cc1)C(=O)N/N=C/c1ccc(-c2ccc([N+](=O)[O-])cc2)o1. The topological polar surface area (TPSA) is 131 Å². The van der Waals surface area contributed by atoms with Crippen molar-refractivity contribution >= 4 is 17.8 Å². The van der Waals surface area contributed by atoms with E-state index in [1.165, 1.54) is 18.3 Å². The van der Waals surface area contributed by atoms with E-state index in [0.29, 0.717) is 28.4 Å². The molecule has 0 spiro atoms. The van der Waals surface area contributed by atoms with Crippen molar-refractivity contribution in [3.63, 3.8) is 0 Å². The van der Waals surface area contributed by atoms with Gasteiger partial charge in [-0.2, -0.15) is 10.4 Å².